The van der Waals surface area contributed by atoms with E-state index in [9.17, 15) is 9.18 Å². The van der Waals surface area contributed by atoms with Gasteiger partial charge in [0, 0.05) is 34.3 Å². The number of aromatic amines is 2. The molecule has 0 spiro atoms. The monoisotopic (exact) mass is 520 g/mol. The van der Waals surface area contributed by atoms with Crippen LogP contribution in [0.5, 0.6) is 0 Å². The first-order chi connectivity index (χ1) is 18.7. The molecular weight excluding hydrogens is 495 g/mol. The van der Waals surface area contributed by atoms with Gasteiger partial charge in [-0.1, -0.05) is 26.8 Å². The molecule has 1 aromatic carbocycles. The summed E-state index contributed by atoms with van der Waals surface area (Å²) in [5, 5.41) is 11.2. The Labute approximate surface area is 223 Å². The number of rotatable bonds is 4. The van der Waals surface area contributed by atoms with Crippen molar-refractivity contribution in [1.82, 2.24) is 35.1 Å². The summed E-state index contributed by atoms with van der Waals surface area (Å²) >= 11 is 0. The van der Waals surface area contributed by atoms with Crippen molar-refractivity contribution < 1.29 is 9.18 Å². The standard InChI is InChI=1S/C29H25FN8O/c1-15-7-16(9-18(30)8-15)20-5-6-32-26-24(20)35-27(36-26)25-21-11-22(33-14-23(21)37-38-25)17-10-19(13-31-12-17)34-28(39)29(2,3)4/h5-14H,1-4H3,(H,34,39)(H,37,38)(H,32,35,36). The Morgan fingerprint density at radius 3 is 2.64 bits per heavy atom. The van der Waals surface area contributed by atoms with E-state index in [1.165, 1.54) is 12.1 Å². The van der Waals surface area contributed by atoms with Gasteiger partial charge >= 0.3 is 0 Å². The van der Waals surface area contributed by atoms with Crippen LogP contribution in [0.4, 0.5) is 10.1 Å². The molecule has 0 radical (unpaired) electrons. The van der Waals surface area contributed by atoms with Crippen molar-refractivity contribution in [2.45, 2.75) is 27.7 Å². The Hall–Kier alpha value is -4.99. The fraction of sp³-hybridized carbons (Fsp3) is 0.172. The van der Waals surface area contributed by atoms with Gasteiger partial charge in [0.15, 0.2) is 11.5 Å². The molecular formula is C29H25FN8O. The molecule has 5 aromatic heterocycles. The number of amides is 1. The summed E-state index contributed by atoms with van der Waals surface area (Å²) in [6, 6.07) is 10.5. The summed E-state index contributed by atoms with van der Waals surface area (Å²) in [6.07, 6.45) is 6.65. The second-order valence-electron chi connectivity index (χ2n) is 10.5. The summed E-state index contributed by atoms with van der Waals surface area (Å²) in [5.41, 5.74) is 6.33. The zero-order chi connectivity index (χ0) is 27.3. The van der Waals surface area contributed by atoms with Gasteiger partial charge in [-0.3, -0.25) is 19.9 Å². The molecule has 9 nitrogen and oxygen atoms in total. The number of carbonyl (C=O) groups excluding carboxylic acids is 1. The number of benzene rings is 1. The van der Waals surface area contributed by atoms with Crippen LogP contribution in [0.15, 0.2) is 61.2 Å². The average Bonchev–Trinajstić information content (AvgIpc) is 3.51. The van der Waals surface area contributed by atoms with E-state index in [0.29, 0.717) is 34.1 Å². The first kappa shape index (κ1) is 24.4. The number of imidazole rings is 1. The second-order valence-corrected chi connectivity index (χ2v) is 10.5. The molecule has 1 amide bonds. The summed E-state index contributed by atoms with van der Waals surface area (Å²) in [4.78, 5) is 33.7. The number of nitrogens with zero attached hydrogens (tertiary/aromatic N) is 5. The minimum atomic E-state index is -0.534. The lowest BCUT2D eigenvalue weighted by molar-refractivity contribution is -0.123. The van der Waals surface area contributed by atoms with Gasteiger partial charge in [0.25, 0.3) is 0 Å². The zero-order valence-corrected chi connectivity index (χ0v) is 21.8. The van der Waals surface area contributed by atoms with Crippen molar-refractivity contribution in [2.75, 3.05) is 5.32 Å². The minimum absolute atomic E-state index is 0.103. The zero-order valence-electron chi connectivity index (χ0n) is 21.8. The predicted molar refractivity (Wildman–Crippen MR) is 148 cm³/mol. The SMILES string of the molecule is Cc1cc(F)cc(-c2ccnc3nc(-c4n[nH]c5cnc(-c6cncc(NC(=O)C(C)(C)C)c6)cc45)[nH]c23)c1. The van der Waals surface area contributed by atoms with Crippen molar-refractivity contribution in [3.05, 3.63) is 72.6 Å². The number of fused-ring (bicyclic) bond motifs is 2. The number of halogens is 1. The van der Waals surface area contributed by atoms with Crippen LogP contribution >= 0.6 is 0 Å². The van der Waals surface area contributed by atoms with Crippen LogP contribution in [-0.2, 0) is 4.79 Å². The Bertz CT molecular complexity index is 1860. The van der Waals surface area contributed by atoms with Crippen molar-refractivity contribution in [3.63, 3.8) is 0 Å². The fourth-order valence-corrected chi connectivity index (χ4v) is 4.38. The van der Waals surface area contributed by atoms with Crippen LogP contribution in [0.25, 0.3) is 56.0 Å². The molecule has 39 heavy (non-hydrogen) atoms. The van der Waals surface area contributed by atoms with Crippen LogP contribution in [0.3, 0.4) is 0 Å². The van der Waals surface area contributed by atoms with E-state index < -0.39 is 5.41 Å². The molecule has 6 rings (SSSR count). The Kier molecular flexibility index (Phi) is 5.67. The number of H-pyrrole nitrogens is 2. The number of carbonyl (C=O) groups is 1. The van der Waals surface area contributed by atoms with Gasteiger partial charge < -0.3 is 10.3 Å². The second kappa shape index (κ2) is 9.09. The number of nitrogens with one attached hydrogen (secondary N) is 3. The molecule has 0 unspecified atom stereocenters. The van der Waals surface area contributed by atoms with E-state index >= 15 is 0 Å². The molecule has 0 atom stereocenters. The Balaban J connectivity index is 1.41. The smallest absolute Gasteiger partial charge is 0.229 e. The quantitative estimate of drug-likeness (QED) is 0.260. The highest BCUT2D eigenvalue weighted by atomic mass is 19.1. The number of hydrogen-bond donors (Lipinski definition) is 3. The molecule has 5 heterocycles. The molecule has 10 heteroatoms. The summed E-state index contributed by atoms with van der Waals surface area (Å²) < 4.78 is 14.1. The van der Waals surface area contributed by atoms with E-state index in [0.717, 1.165) is 33.2 Å². The van der Waals surface area contributed by atoms with E-state index in [1.54, 1.807) is 24.8 Å². The van der Waals surface area contributed by atoms with Crippen molar-refractivity contribution in [3.8, 4) is 33.9 Å². The minimum Gasteiger partial charge on any atom is -0.335 e. The number of aromatic nitrogens is 7. The van der Waals surface area contributed by atoms with E-state index in [4.69, 9.17) is 0 Å². The largest absolute Gasteiger partial charge is 0.335 e. The highest BCUT2D eigenvalue weighted by molar-refractivity contribution is 5.97. The molecule has 3 N–H and O–H groups in total. The maximum atomic E-state index is 14.1. The van der Waals surface area contributed by atoms with Gasteiger partial charge in [0.1, 0.15) is 11.5 Å². The third-order valence-corrected chi connectivity index (χ3v) is 6.39. The summed E-state index contributed by atoms with van der Waals surface area (Å²) in [6.45, 7) is 7.41. The van der Waals surface area contributed by atoms with Gasteiger partial charge in [-0.25, -0.2) is 14.4 Å². The van der Waals surface area contributed by atoms with Gasteiger partial charge in [-0.15, -0.1) is 0 Å². The summed E-state index contributed by atoms with van der Waals surface area (Å²) in [5.74, 6) is 0.114. The van der Waals surface area contributed by atoms with Crippen LogP contribution in [0.2, 0.25) is 0 Å². The number of hydrogen-bond acceptors (Lipinski definition) is 6. The molecule has 0 fully saturated rings. The predicted octanol–water partition coefficient (Wildman–Crippen LogP) is 6.06. The van der Waals surface area contributed by atoms with E-state index in [-0.39, 0.29) is 11.7 Å². The van der Waals surface area contributed by atoms with Gasteiger partial charge in [-0.05, 0) is 48.4 Å². The van der Waals surface area contributed by atoms with E-state index in [1.807, 2.05) is 52.0 Å². The maximum Gasteiger partial charge on any atom is 0.229 e. The number of pyridine rings is 3. The van der Waals surface area contributed by atoms with Gasteiger partial charge in [0.05, 0.1) is 34.8 Å². The topological polar surface area (TPSA) is 125 Å². The van der Waals surface area contributed by atoms with E-state index in [2.05, 4.69) is 40.4 Å². The molecule has 0 saturated carbocycles. The molecule has 0 aliphatic heterocycles. The van der Waals surface area contributed by atoms with Crippen LogP contribution in [-0.4, -0.2) is 41.0 Å². The molecule has 0 bridgehead atoms. The Morgan fingerprint density at radius 2 is 1.85 bits per heavy atom. The maximum absolute atomic E-state index is 14.1. The van der Waals surface area contributed by atoms with Gasteiger partial charge in [0.2, 0.25) is 5.91 Å². The number of aryl methyl sites for hydroxylation is 1. The molecule has 0 saturated heterocycles. The molecule has 0 aliphatic carbocycles. The molecule has 194 valence electrons. The first-order valence-corrected chi connectivity index (χ1v) is 12.4. The van der Waals surface area contributed by atoms with Crippen molar-refractivity contribution >= 4 is 33.7 Å². The lowest BCUT2D eigenvalue weighted by Crippen LogP contribution is -2.27. The van der Waals surface area contributed by atoms with Crippen molar-refractivity contribution in [2.24, 2.45) is 5.41 Å². The third-order valence-electron chi connectivity index (χ3n) is 6.39. The fourth-order valence-electron chi connectivity index (χ4n) is 4.38. The third kappa shape index (κ3) is 4.61. The molecule has 6 aromatic rings. The van der Waals surface area contributed by atoms with Crippen LogP contribution < -0.4 is 5.32 Å². The van der Waals surface area contributed by atoms with Crippen LogP contribution in [0.1, 0.15) is 26.3 Å². The highest BCUT2D eigenvalue weighted by Crippen LogP contribution is 2.32. The lowest BCUT2D eigenvalue weighted by atomic mass is 9.95. The summed E-state index contributed by atoms with van der Waals surface area (Å²) in [7, 11) is 0. The first-order valence-electron chi connectivity index (χ1n) is 12.4. The van der Waals surface area contributed by atoms with Gasteiger partial charge in [-0.2, -0.15) is 5.10 Å². The average molecular weight is 521 g/mol. The number of anilines is 1. The Morgan fingerprint density at radius 1 is 1.00 bits per heavy atom. The van der Waals surface area contributed by atoms with Crippen LogP contribution in [0, 0.1) is 18.2 Å². The highest BCUT2D eigenvalue weighted by Gasteiger charge is 2.22. The van der Waals surface area contributed by atoms with Crippen molar-refractivity contribution in [1.29, 1.82) is 0 Å². The lowest BCUT2D eigenvalue weighted by Gasteiger charge is -2.17. The normalized spacial score (nSPS) is 11.8. The molecule has 0 aliphatic rings.